The van der Waals surface area contributed by atoms with Gasteiger partial charge in [0, 0.05) is 25.7 Å². The van der Waals surface area contributed by atoms with Gasteiger partial charge in [0.2, 0.25) is 0 Å². The highest BCUT2D eigenvalue weighted by Gasteiger charge is 2.30. The van der Waals surface area contributed by atoms with Gasteiger partial charge in [0.15, 0.2) is 12.2 Å². The Bertz CT molecular complexity index is 1860. The van der Waals surface area contributed by atoms with Crippen LogP contribution in [0.15, 0.2) is 24.3 Å². The third kappa shape index (κ3) is 66.0. The Kier molecular flexibility index (Phi) is 61.9. The van der Waals surface area contributed by atoms with Gasteiger partial charge in [-0.15, -0.1) is 0 Å². The number of hydrogen-bond donors (Lipinski definition) is 3. The summed E-state index contributed by atoms with van der Waals surface area (Å²) in [5.41, 5.74) is 0. The highest BCUT2D eigenvalue weighted by Crippen LogP contribution is 2.45. The molecule has 0 heterocycles. The van der Waals surface area contributed by atoms with Crippen LogP contribution in [0.1, 0.15) is 343 Å². The first-order valence-corrected chi connectivity index (χ1v) is 39.8. The summed E-state index contributed by atoms with van der Waals surface area (Å²) in [5, 5.41) is 10.6. The molecule has 0 fully saturated rings. The number of ether oxygens (including phenoxy) is 4. The Morgan fingerprint density at radius 1 is 0.341 bits per heavy atom. The molecule has 0 aromatic heterocycles. The number of unbranched alkanes of at least 4 members (excludes halogenated alkanes) is 36. The molecule has 0 saturated heterocycles. The smallest absolute Gasteiger partial charge is 0.462 e. The number of esters is 4. The molecule has 0 bridgehead atoms. The SMILES string of the molecule is CCCCCC/C=C\C=C/CCCCCCCC(=O)O[C@H](COC(=O)CCCCCCCCCCCCCCC(C)C)COP(=O)(O)OC[C@@H](O)COP(=O)(O)OC[C@@H](COC(=O)CCCCCCCCC(C)C)OC(=O)CCCCCCCCCCCCCC. The molecule has 0 radical (unpaired) electrons. The van der Waals surface area contributed by atoms with Crippen molar-refractivity contribution in [3.8, 4) is 0 Å². The quantitative estimate of drug-likeness (QED) is 0.0169. The molecule has 0 aliphatic heterocycles. The molecule has 19 heteroatoms. The van der Waals surface area contributed by atoms with Gasteiger partial charge in [-0.05, 0) is 63.2 Å². The summed E-state index contributed by atoms with van der Waals surface area (Å²) in [4.78, 5) is 72.6. The zero-order valence-electron chi connectivity index (χ0n) is 58.6. The topological polar surface area (TPSA) is 237 Å². The fourth-order valence-corrected chi connectivity index (χ4v) is 12.0. The lowest BCUT2D eigenvalue weighted by atomic mass is 10.0. The number of allylic oxidation sites excluding steroid dienone is 4. The van der Waals surface area contributed by atoms with Gasteiger partial charge in [-0.3, -0.25) is 37.3 Å². The number of rotatable bonds is 69. The number of aliphatic hydroxyl groups is 1. The largest absolute Gasteiger partial charge is 0.472 e. The Morgan fingerprint density at radius 2 is 0.593 bits per heavy atom. The van der Waals surface area contributed by atoms with E-state index in [0.717, 1.165) is 115 Å². The van der Waals surface area contributed by atoms with E-state index in [1.54, 1.807) is 0 Å². The van der Waals surface area contributed by atoms with Gasteiger partial charge in [-0.1, -0.05) is 291 Å². The molecular formula is C72H136O17P2. The molecular weight excluding hydrogens is 1200 g/mol. The second kappa shape index (κ2) is 63.6. The van der Waals surface area contributed by atoms with Crippen molar-refractivity contribution < 1.29 is 80.2 Å². The van der Waals surface area contributed by atoms with E-state index in [4.69, 9.17) is 37.0 Å². The molecule has 0 aliphatic rings. The van der Waals surface area contributed by atoms with Crippen LogP contribution in [0.2, 0.25) is 0 Å². The number of phosphoric ester groups is 2. The van der Waals surface area contributed by atoms with Crippen molar-refractivity contribution in [2.45, 2.75) is 362 Å². The van der Waals surface area contributed by atoms with Crippen molar-refractivity contribution in [1.29, 1.82) is 0 Å². The molecule has 0 rings (SSSR count). The highest BCUT2D eigenvalue weighted by atomic mass is 31.2. The fourth-order valence-electron chi connectivity index (χ4n) is 10.4. The number of carbonyl (C=O) groups is 4. The lowest BCUT2D eigenvalue weighted by molar-refractivity contribution is -0.161. The summed E-state index contributed by atoms with van der Waals surface area (Å²) in [6, 6.07) is 0. The molecule has 3 N–H and O–H groups in total. The van der Waals surface area contributed by atoms with Gasteiger partial charge >= 0.3 is 39.5 Å². The Balaban J connectivity index is 5.28. The van der Waals surface area contributed by atoms with Gasteiger partial charge in [0.25, 0.3) is 0 Å². The zero-order valence-corrected chi connectivity index (χ0v) is 60.4. The van der Waals surface area contributed by atoms with Crippen LogP contribution in [0.25, 0.3) is 0 Å². The number of phosphoric acid groups is 2. The van der Waals surface area contributed by atoms with Crippen molar-refractivity contribution >= 4 is 39.5 Å². The first-order chi connectivity index (χ1) is 43.9. The van der Waals surface area contributed by atoms with E-state index in [-0.39, 0.29) is 25.7 Å². The Hall–Kier alpha value is -2.46. The van der Waals surface area contributed by atoms with Gasteiger partial charge < -0.3 is 33.8 Å². The van der Waals surface area contributed by atoms with Crippen LogP contribution in [0.5, 0.6) is 0 Å². The maximum Gasteiger partial charge on any atom is 0.472 e. The Labute approximate surface area is 554 Å². The predicted octanol–water partition coefficient (Wildman–Crippen LogP) is 20.3. The van der Waals surface area contributed by atoms with Crippen molar-refractivity contribution in [2.75, 3.05) is 39.6 Å². The molecule has 17 nitrogen and oxygen atoms in total. The summed E-state index contributed by atoms with van der Waals surface area (Å²) in [6.07, 6.45) is 52.2. The van der Waals surface area contributed by atoms with E-state index >= 15 is 0 Å². The van der Waals surface area contributed by atoms with Crippen molar-refractivity contribution in [3.05, 3.63) is 24.3 Å². The molecule has 91 heavy (non-hydrogen) atoms. The first-order valence-electron chi connectivity index (χ1n) is 36.8. The van der Waals surface area contributed by atoms with E-state index in [9.17, 15) is 43.2 Å². The molecule has 536 valence electrons. The van der Waals surface area contributed by atoms with E-state index < -0.39 is 97.5 Å². The summed E-state index contributed by atoms with van der Waals surface area (Å²) in [6.45, 7) is 9.42. The van der Waals surface area contributed by atoms with Gasteiger partial charge in [0.05, 0.1) is 26.4 Å². The van der Waals surface area contributed by atoms with Crippen molar-refractivity contribution in [2.24, 2.45) is 11.8 Å². The van der Waals surface area contributed by atoms with Crippen LogP contribution in [0.4, 0.5) is 0 Å². The predicted molar refractivity (Wildman–Crippen MR) is 367 cm³/mol. The van der Waals surface area contributed by atoms with Gasteiger partial charge in [-0.2, -0.15) is 0 Å². The van der Waals surface area contributed by atoms with Crippen molar-refractivity contribution in [3.63, 3.8) is 0 Å². The summed E-state index contributed by atoms with van der Waals surface area (Å²) in [7, 11) is -9.91. The first kappa shape index (κ1) is 88.5. The van der Waals surface area contributed by atoms with Crippen LogP contribution in [0.3, 0.4) is 0 Å². The number of aliphatic hydroxyl groups excluding tert-OH is 1. The van der Waals surface area contributed by atoms with Crippen LogP contribution in [-0.2, 0) is 65.4 Å². The summed E-state index contributed by atoms with van der Waals surface area (Å²) < 4.78 is 68.3. The molecule has 2 unspecified atom stereocenters. The number of hydrogen-bond acceptors (Lipinski definition) is 15. The average Bonchev–Trinajstić information content (AvgIpc) is 3.72. The second-order valence-corrected chi connectivity index (χ2v) is 29.2. The lowest BCUT2D eigenvalue weighted by Gasteiger charge is -2.21. The molecule has 0 spiro atoms. The molecule has 0 amide bonds. The highest BCUT2D eigenvalue weighted by molar-refractivity contribution is 7.47. The maximum atomic E-state index is 13.0. The molecule has 5 atom stereocenters. The van der Waals surface area contributed by atoms with Gasteiger partial charge in [-0.25, -0.2) is 9.13 Å². The van der Waals surface area contributed by atoms with Crippen LogP contribution < -0.4 is 0 Å². The van der Waals surface area contributed by atoms with Crippen LogP contribution in [0, 0.1) is 11.8 Å². The molecule has 0 aromatic rings. The van der Waals surface area contributed by atoms with Crippen LogP contribution in [-0.4, -0.2) is 96.7 Å². The van der Waals surface area contributed by atoms with E-state index in [1.807, 2.05) is 0 Å². The monoisotopic (exact) mass is 1330 g/mol. The fraction of sp³-hybridized carbons (Fsp3) is 0.889. The minimum Gasteiger partial charge on any atom is -0.462 e. The van der Waals surface area contributed by atoms with Crippen LogP contribution >= 0.6 is 15.6 Å². The second-order valence-electron chi connectivity index (χ2n) is 26.2. The maximum absolute atomic E-state index is 13.0. The molecule has 0 saturated carbocycles. The summed E-state index contributed by atoms with van der Waals surface area (Å²) in [5.74, 6) is -0.696. The van der Waals surface area contributed by atoms with E-state index in [1.165, 1.54) is 141 Å². The third-order valence-electron chi connectivity index (χ3n) is 16.1. The lowest BCUT2D eigenvalue weighted by Crippen LogP contribution is -2.30. The standard InChI is InChI=1S/C72H136O17P2/c1-7-9-11-13-15-17-19-21-22-23-29-33-37-45-51-57-72(77)88-67(60-82-69(74)54-48-42-35-31-28-25-24-26-30-34-40-46-52-64(3)4)62-86-90(78,79)84-58-66(73)59-85-91(80,81)87-63-68(61-83-70(75)55-49-43-39-38-41-47-53-65(5)6)89-71(76)56-50-44-36-32-27-20-18-16-14-12-10-8-2/h17,19,21-22,64-68,73H,7-16,18,20,23-63H2,1-6H3,(H,78,79)(H,80,81)/b19-17-,22-21-/t66-,67-,68-/m1/s1. The molecule has 0 aliphatic carbocycles. The normalized spacial score (nSPS) is 14.3. The zero-order chi connectivity index (χ0) is 67.2. The van der Waals surface area contributed by atoms with E-state index in [2.05, 4.69) is 65.8 Å². The minimum atomic E-state index is -4.96. The number of carbonyl (C=O) groups excluding carboxylic acids is 4. The van der Waals surface area contributed by atoms with E-state index in [0.29, 0.717) is 31.6 Å². The average molecular weight is 1340 g/mol. The summed E-state index contributed by atoms with van der Waals surface area (Å²) >= 11 is 0. The minimum absolute atomic E-state index is 0.0848. The molecule has 0 aromatic carbocycles. The Morgan fingerprint density at radius 3 is 0.901 bits per heavy atom. The third-order valence-corrected chi connectivity index (χ3v) is 18.0. The van der Waals surface area contributed by atoms with Gasteiger partial charge in [0.1, 0.15) is 19.3 Å². The van der Waals surface area contributed by atoms with Crippen molar-refractivity contribution in [1.82, 2.24) is 0 Å².